The van der Waals surface area contributed by atoms with Crippen LogP contribution in [0.3, 0.4) is 0 Å². The minimum atomic E-state index is -3.57. The van der Waals surface area contributed by atoms with Crippen molar-refractivity contribution < 1.29 is 17.5 Å². The van der Waals surface area contributed by atoms with E-state index in [9.17, 15) is 12.8 Å². The van der Waals surface area contributed by atoms with Gasteiger partial charge < -0.3 is 4.74 Å². The van der Waals surface area contributed by atoms with Gasteiger partial charge in [-0.3, -0.25) is 0 Å². The Morgan fingerprint density at radius 3 is 2.41 bits per heavy atom. The Bertz CT molecular complexity index is 690. The van der Waals surface area contributed by atoms with Crippen LogP contribution in [0.25, 0.3) is 0 Å². The SMILES string of the molecule is O=S(=O)(Cc1ccccc1F)NCCOCc1ccccc1. The highest BCUT2D eigenvalue weighted by Gasteiger charge is 2.13. The largest absolute Gasteiger partial charge is 0.375 e. The monoisotopic (exact) mass is 323 g/mol. The first-order valence-corrected chi connectivity index (χ1v) is 8.54. The van der Waals surface area contributed by atoms with Crippen molar-refractivity contribution in [1.82, 2.24) is 4.72 Å². The number of rotatable bonds is 8. The third-order valence-corrected chi connectivity index (χ3v) is 4.32. The zero-order valence-corrected chi connectivity index (χ0v) is 12.9. The van der Waals surface area contributed by atoms with Gasteiger partial charge in [-0.05, 0) is 11.6 Å². The molecule has 0 saturated carbocycles. The van der Waals surface area contributed by atoms with E-state index in [0.29, 0.717) is 6.61 Å². The third kappa shape index (κ3) is 5.55. The van der Waals surface area contributed by atoms with Crippen LogP contribution in [0.4, 0.5) is 4.39 Å². The Morgan fingerprint density at radius 1 is 1.00 bits per heavy atom. The van der Waals surface area contributed by atoms with Crippen molar-refractivity contribution in [3.05, 3.63) is 71.5 Å². The molecule has 0 amide bonds. The summed E-state index contributed by atoms with van der Waals surface area (Å²) in [6.45, 7) is 0.838. The number of hydrogen-bond acceptors (Lipinski definition) is 3. The molecule has 6 heteroatoms. The molecule has 0 spiro atoms. The van der Waals surface area contributed by atoms with E-state index < -0.39 is 15.8 Å². The Morgan fingerprint density at radius 2 is 1.68 bits per heavy atom. The second-order valence-electron chi connectivity index (χ2n) is 4.78. The smallest absolute Gasteiger partial charge is 0.215 e. The maximum absolute atomic E-state index is 13.4. The standard InChI is InChI=1S/C16H18FNO3S/c17-16-9-5-4-8-15(16)13-22(19,20)18-10-11-21-12-14-6-2-1-3-7-14/h1-9,18H,10-13H2. The van der Waals surface area contributed by atoms with Gasteiger partial charge in [0, 0.05) is 12.1 Å². The minimum absolute atomic E-state index is 0.153. The van der Waals surface area contributed by atoms with Crippen LogP contribution in [0.5, 0.6) is 0 Å². The van der Waals surface area contributed by atoms with Gasteiger partial charge in [-0.15, -0.1) is 0 Å². The van der Waals surface area contributed by atoms with Crippen LogP contribution in [-0.4, -0.2) is 21.6 Å². The van der Waals surface area contributed by atoms with Gasteiger partial charge in [0.1, 0.15) is 5.82 Å². The highest BCUT2D eigenvalue weighted by atomic mass is 32.2. The van der Waals surface area contributed by atoms with Crippen molar-refractivity contribution in [3.63, 3.8) is 0 Å². The van der Waals surface area contributed by atoms with Gasteiger partial charge in [-0.2, -0.15) is 0 Å². The molecule has 1 N–H and O–H groups in total. The van der Waals surface area contributed by atoms with Gasteiger partial charge in [-0.25, -0.2) is 17.5 Å². The van der Waals surface area contributed by atoms with Crippen molar-refractivity contribution >= 4 is 10.0 Å². The summed E-state index contributed by atoms with van der Waals surface area (Å²) in [5.74, 6) is -0.897. The molecule has 0 aliphatic rings. The van der Waals surface area contributed by atoms with E-state index in [4.69, 9.17) is 4.74 Å². The van der Waals surface area contributed by atoms with E-state index in [1.165, 1.54) is 18.2 Å². The highest BCUT2D eigenvalue weighted by Crippen LogP contribution is 2.09. The lowest BCUT2D eigenvalue weighted by Crippen LogP contribution is -2.28. The lowest BCUT2D eigenvalue weighted by atomic mass is 10.2. The normalized spacial score (nSPS) is 11.5. The lowest BCUT2D eigenvalue weighted by molar-refractivity contribution is 0.126. The maximum atomic E-state index is 13.4. The lowest BCUT2D eigenvalue weighted by Gasteiger charge is -2.08. The van der Waals surface area contributed by atoms with Crippen molar-refractivity contribution in [2.45, 2.75) is 12.4 Å². The van der Waals surface area contributed by atoms with Crippen LogP contribution in [0, 0.1) is 5.82 Å². The van der Waals surface area contributed by atoms with E-state index in [-0.39, 0.29) is 24.5 Å². The van der Waals surface area contributed by atoms with Crippen LogP contribution >= 0.6 is 0 Å². The Balaban J connectivity index is 1.73. The molecule has 0 bridgehead atoms. The van der Waals surface area contributed by atoms with Crippen LogP contribution in [-0.2, 0) is 27.1 Å². The van der Waals surface area contributed by atoms with E-state index in [0.717, 1.165) is 5.56 Å². The number of nitrogens with one attached hydrogen (secondary N) is 1. The summed E-state index contributed by atoms with van der Waals surface area (Å²) in [6, 6.07) is 15.4. The van der Waals surface area contributed by atoms with Crippen molar-refractivity contribution in [3.8, 4) is 0 Å². The van der Waals surface area contributed by atoms with Crippen LogP contribution in [0.1, 0.15) is 11.1 Å². The van der Waals surface area contributed by atoms with Crippen LogP contribution in [0.2, 0.25) is 0 Å². The fourth-order valence-electron chi connectivity index (χ4n) is 1.90. The molecule has 4 nitrogen and oxygen atoms in total. The molecule has 0 aliphatic carbocycles. The summed E-state index contributed by atoms with van der Waals surface area (Å²) in [6.07, 6.45) is 0. The molecule has 0 aromatic heterocycles. The number of sulfonamides is 1. The van der Waals surface area contributed by atoms with E-state index in [1.807, 2.05) is 30.3 Å². The van der Waals surface area contributed by atoms with E-state index in [2.05, 4.69) is 4.72 Å². The molecule has 0 unspecified atom stereocenters. The number of benzene rings is 2. The molecule has 0 heterocycles. The Kier molecular flexibility index (Phi) is 6.06. The molecule has 2 aromatic rings. The summed E-state index contributed by atoms with van der Waals surface area (Å²) in [5.41, 5.74) is 1.18. The molecular weight excluding hydrogens is 305 g/mol. The fourth-order valence-corrected chi connectivity index (χ4v) is 3.04. The predicted octanol–water partition coefficient (Wildman–Crippen LogP) is 2.46. The summed E-state index contributed by atoms with van der Waals surface area (Å²) in [5, 5.41) is 0. The number of hydrogen-bond donors (Lipinski definition) is 1. The Hall–Kier alpha value is -1.76. The van der Waals surface area contributed by atoms with E-state index >= 15 is 0 Å². The van der Waals surface area contributed by atoms with Crippen LogP contribution < -0.4 is 4.72 Å². The second kappa shape index (κ2) is 8.03. The highest BCUT2D eigenvalue weighted by molar-refractivity contribution is 7.88. The average molecular weight is 323 g/mol. The van der Waals surface area contributed by atoms with Crippen LogP contribution in [0.15, 0.2) is 54.6 Å². The predicted molar refractivity (Wildman–Crippen MR) is 83.1 cm³/mol. The number of halogens is 1. The minimum Gasteiger partial charge on any atom is -0.375 e. The van der Waals surface area contributed by atoms with Gasteiger partial charge >= 0.3 is 0 Å². The topological polar surface area (TPSA) is 55.4 Å². The summed E-state index contributed by atoms with van der Waals surface area (Å²) in [7, 11) is -3.57. The van der Waals surface area contributed by atoms with Gasteiger partial charge in [0.05, 0.1) is 19.0 Å². The number of ether oxygens (including phenoxy) is 1. The third-order valence-electron chi connectivity index (χ3n) is 2.98. The zero-order valence-electron chi connectivity index (χ0n) is 12.0. The van der Waals surface area contributed by atoms with Crippen molar-refractivity contribution in [1.29, 1.82) is 0 Å². The fraction of sp³-hybridized carbons (Fsp3) is 0.250. The van der Waals surface area contributed by atoms with Gasteiger partial charge in [0.25, 0.3) is 0 Å². The molecule has 0 fully saturated rings. The summed E-state index contributed by atoms with van der Waals surface area (Å²) >= 11 is 0. The van der Waals surface area contributed by atoms with Gasteiger partial charge in [-0.1, -0.05) is 48.5 Å². The zero-order chi connectivity index (χ0) is 15.8. The van der Waals surface area contributed by atoms with Crippen molar-refractivity contribution in [2.75, 3.05) is 13.2 Å². The molecule has 2 rings (SSSR count). The molecule has 0 saturated heterocycles. The molecule has 22 heavy (non-hydrogen) atoms. The molecule has 0 aliphatic heterocycles. The summed E-state index contributed by atoms with van der Waals surface area (Å²) in [4.78, 5) is 0. The Labute approximate surface area is 130 Å². The van der Waals surface area contributed by atoms with Crippen molar-refractivity contribution in [2.24, 2.45) is 0 Å². The quantitative estimate of drug-likeness (QED) is 0.759. The first-order chi connectivity index (χ1) is 10.6. The average Bonchev–Trinajstić information content (AvgIpc) is 2.50. The van der Waals surface area contributed by atoms with Gasteiger partial charge in [0.15, 0.2) is 0 Å². The van der Waals surface area contributed by atoms with E-state index in [1.54, 1.807) is 6.07 Å². The molecule has 2 aromatic carbocycles. The first kappa shape index (κ1) is 16.6. The second-order valence-corrected chi connectivity index (χ2v) is 6.59. The molecule has 118 valence electrons. The summed E-state index contributed by atoms with van der Waals surface area (Å²) < 4.78 is 44.9. The van der Waals surface area contributed by atoms with Gasteiger partial charge in [0.2, 0.25) is 10.0 Å². The molecular formula is C16H18FNO3S. The maximum Gasteiger partial charge on any atom is 0.215 e. The first-order valence-electron chi connectivity index (χ1n) is 6.89. The molecule has 0 radical (unpaired) electrons. The molecule has 0 atom stereocenters.